The molecule has 0 radical (unpaired) electrons. The van der Waals surface area contributed by atoms with Crippen molar-refractivity contribution in [3.05, 3.63) is 11.9 Å². The predicted molar refractivity (Wildman–Crippen MR) is 49.2 cm³/mol. The van der Waals surface area contributed by atoms with E-state index in [9.17, 15) is 13.2 Å². The van der Waals surface area contributed by atoms with Crippen LogP contribution in [-0.4, -0.2) is 0 Å². The summed E-state index contributed by atoms with van der Waals surface area (Å²) >= 11 is 0. The third-order valence-electron chi connectivity index (χ3n) is 2.79. The van der Waals surface area contributed by atoms with Crippen LogP contribution in [0, 0.1) is 24.2 Å². The second-order valence-electron chi connectivity index (χ2n) is 3.73. The zero-order valence-corrected chi connectivity index (χ0v) is 7.90. The summed E-state index contributed by atoms with van der Waals surface area (Å²) < 4.78 is 36.7. The first-order valence-electron chi connectivity index (χ1n) is 4.79. The summed E-state index contributed by atoms with van der Waals surface area (Å²) in [5.41, 5.74) is 0. The van der Waals surface area contributed by atoms with Crippen molar-refractivity contribution in [2.75, 3.05) is 0 Å². The molecule has 0 nitrogen and oxygen atoms in total. The molecule has 0 heterocycles. The van der Waals surface area contributed by atoms with E-state index in [1.165, 1.54) is 0 Å². The smallest absolute Gasteiger partial charge is 0.206 e. The van der Waals surface area contributed by atoms with E-state index in [0.29, 0.717) is 25.2 Å². The predicted octanol–water partition coefficient (Wildman–Crippen LogP) is 3.89. The fourth-order valence-electron chi connectivity index (χ4n) is 1.94. The largest absolute Gasteiger partial charge is 0.301 e. The topological polar surface area (TPSA) is 0 Å². The van der Waals surface area contributed by atoms with Crippen molar-refractivity contribution in [1.82, 2.24) is 0 Å². The third-order valence-corrected chi connectivity index (χ3v) is 2.79. The molecule has 0 spiro atoms. The molecular weight excluding hydrogens is 189 g/mol. The zero-order valence-electron chi connectivity index (χ0n) is 7.90. The van der Waals surface area contributed by atoms with Gasteiger partial charge in [-0.05, 0) is 31.6 Å². The molecule has 0 aromatic heterocycles. The maximum absolute atomic E-state index is 12.8. The highest BCUT2D eigenvalue weighted by Crippen LogP contribution is 2.36. The maximum Gasteiger partial charge on any atom is 0.301 e. The highest BCUT2D eigenvalue weighted by Gasteiger charge is 2.26. The molecule has 0 aliphatic heterocycles. The molecule has 0 saturated heterocycles. The Bertz CT molecular complexity index is 250. The van der Waals surface area contributed by atoms with E-state index in [1.807, 2.05) is 0 Å². The number of hydrogen-bond acceptors (Lipinski definition) is 0. The Morgan fingerprint density at radius 2 is 1.71 bits per heavy atom. The first kappa shape index (κ1) is 11.2. The molecule has 0 amide bonds. The Kier molecular flexibility index (Phi) is 4.06. The molecule has 1 rings (SSSR count). The van der Waals surface area contributed by atoms with Gasteiger partial charge in [-0.1, -0.05) is 0 Å². The van der Waals surface area contributed by atoms with Crippen LogP contribution in [0.2, 0.25) is 0 Å². The SMILES string of the molecule is C#CC[C@H]1CC[C@H](C(F)=C(F)F)CC1. The summed E-state index contributed by atoms with van der Waals surface area (Å²) in [5, 5.41) is 0. The van der Waals surface area contributed by atoms with Gasteiger partial charge in [-0.3, -0.25) is 0 Å². The third kappa shape index (κ3) is 2.80. The van der Waals surface area contributed by atoms with E-state index in [2.05, 4.69) is 5.92 Å². The van der Waals surface area contributed by atoms with Gasteiger partial charge in [0.25, 0.3) is 0 Å². The number of terminal acetylenes is 1. The maximum atomic E-state index is 12.8. The number of halogens is 3. The number of hydrogen-bond donors (Lipinski definition) is 0. The lowest BCUT2D eigenvalue weighted by Gasteiger charge is -2.25. The minimum atomic E-state index is -2.16. The molecule has 0 bridgehead atoms. The van der Waals surface area contributed by atoms with Crippen LogP contribution < -0.4 is 0 Å². The van der Waals surface area contributed by atoms with Crippen LogP contribution in [-0.2, 0) is 0 Å². The molecule has 1 aliphatic rings. The van der Waals surface area contributed by atoms with Crippen LogP contribution in [0.15, 0.2) is 11.9 Å². The molecule has 1 fully saturated rings. The van der Waals surface area contributed by atoms with Crippen LogP contribution in [0.1, 0.15) is 32.1 Å². The Morgan fingerprint density at radius 3 is 2.14 bits per heavy atom. The lowest BCUT2D eigenvalue weighted by molar-refractivity contribution is 0.254. The van der Waals surface area contributed by atoms with Crippen LogP contribution in [0.3, 0.4) is 0 Å². The fraction of sp³-hybridized carbons (Fsp3) is 0.636. The monoisotopic (exact) mass is 202 g/mol. The van der Waals surface area contributed by atoms with Crippen LogP contribution in [0.5, 0.6) is 0 Å². The lowest BCUT2D eigenvalue weighted by Crippen LogP contribution is -2.15. The molecule has 1 saturated carbocycles. The average Bonchev–Trinajstić information content (AvgIpc) is 2.18. The Labute approximate surface area is 82.2 Å². The first-order valence-corrected chi connectivity index (χ1v) is 4.79. The Morgan fingerprint density at radius 1 is 1.14 bits per heavy atom. The van der Waals surface area contributed by atoms with Gasteiger partial charge in [0.15, 0.2) is 5.83 Å². The highest BCUT2D eigenvalue weighted by atomic mass is 19.3. The van der Waals surface area contributed by atoms with Gasteiger partial charge in [-0.15, -0.1) is 12.3 Å². The molecular formula is C11H13F3. The lowest BCUT2D eigenvalue weighted by atomic mass is 9.80. The van der Waals surface area contributed by atoms with Gasteiger partial charge in [0.1, 0.15) is 0 Å². The molecule has 0 aromatic rings. The van der Waals surface area contributed by atoms with Crippen LogP contribution >= 0.6 is 0 Å². The molecule has 14 heavy (non-hydrogen) atoms. The van der Waals surface area contributed by atoms with Crippen molar-refractivity contribution in [3.8, 4) is 12.3 Å². The van der Waals surface area contributed by atoms with E-state index in [1.54, 1.807) is 0 Å². The zero-order chi connectivity index (χ0) is 10.6. The minimum absolute atomic E-state index is 0.395. The Hall–Kier alpha value is -0.910. The van der Waals surface area contributed by atoms with Gasteiger partial charge in [0.05, 0.1) is 0 Å². The average molecular weight is 202 g/mol. The van der Waals surface area contributed by atoms with Gasteiger partial charge >= 0.3 is 6.08 Å². The van der Waals surface area contributed by atoms with Crippen molar-refractivity contribution in [2.45, 2.75) is 32.1 Å². The van der Waals surface area contributed by atoms with Crippen molar-refractivity contribution in [2.24, 2.45) is 11.8 Å². The van der Waals surface area contributed by atoms with Gasteiger partial charge in [-0.25, -0.2) is 4.39 Å². The molecule has 0 unspecified atom stereocenters. The van der Waals surface area contributed by atoms with Crippen molar-refractivity contribution in [3.63, 3.8) is 0 Å². The molecule has 78 valence electrons. The molecule has 0 N–H and O–H groups in total. The Balaban J connectivity index is 2.44. The van der Waals surface area contributed by atoms with Crippen LogP contribution in [0.25, 0.3) is 0 Å². The number of rotatable bonds is 2. The van der Waals surface area contributed by atoms with E-state index in [4.69, 9.17) is 6.42 Å². The summed E-state index contributed by atoms with van der Waals surface area (Å²) in [7, 11) is 0. The standard InChI is InChI=1S/C11H13F3/c1-2-3-8-4-6-9(7-5-8)10(12)11(13)14/h1,8-9H,3-7H2/t8-,9-. The molecule has 0 atom stereocenters. The molecule has 3 heteroatoms. The minimum Gasteiger partial charge on any atom is -0.206 e. The highest BCUT2D eigenvalue weighted by molar-refractivity contribution is 5.00. The normalized spacial score (nSPS) is 26.7. The number of allylic oxidation sites excluding steroid dienone is 1. The van der Waals surface area contributed by atoms with Gasteiger partial charge in [0.2, 0.25) is 0 Å². The second-order valence-corrected chi connectivity index (χ2v) is 3.73. The molecule has 0 aromatic carbocycles. The van der Waals surface area contributed by atoms with E-state index >= 15 is 0 Å². The summed E-state index contributed by atoms with van der Waals surface area (Å²) in [6, 6.07) is 0. The summed E-state index contributed by atoms with van der Waals surface area (Å²) in [6.07, 6.45) is 6.17. The summed E-state index contributed by atoms with van der Waals surface area (Å²) in [5.74, 6) is 1.15. The second kappa shape index (κ2) is 5.09. The van der Waals surface area contributed by atoms with Crippen LogP contribution in [0.4, 0.5) is 13.2 Å². The van der Waals surface area contributed by atoms with E-state index in [-0.39, 0.29) is 0 Å². The van der Waals surface area contributed by atoms with Crippen molar-refractivity contribution >= 4 is 0 Å². The van der Waals surface area contributed by atoms with Gasteiger partial charge in [0, 0.05) is 12.3 Å². The molecule has 1 aliphatic carbocycles. The van der Waals surface area contributed by atoms with Gasteiger partial charge in [-0.2, -0.15) is 8.78 Å². The quantitative estimate of drug-likeness (QED) is 0.596. The van der Waals surface area contributed by atoms with Gasteiger partial charge < -0.3 is 0 Å². The summed E-state index contributed by atoms with van der Waals surface area (Å²) in [6.45, 7) is 0. The van der Waals surface area contributed by atoms with E-state index in [0.717, 1.165) is 12.8 Å². The summed E-state index contributed by atoms with van der Waals surface area (Å²) in [4.78, 5) is 0. The fourth-order valence-corrected chi connectivity index (χ4v) is 1.94. The van der Waals surface area contributed by atoms with Crippen molar-refractivity contribution in [1.29, 1.82) is 0 Å². The van der Waals surface area contributed by atoms with Crippen molar-refractivity contribution < 1.29 is 13.2 Å². The van der Waals surface area contributed by atoms with E-state index < -0.39 is 17.8 Å². The first-order chi connectivity index (χ1) is 6.65.